The summed E-state index contributed by atoms with van der Waals surface area (Å²) in [7, 11) is -3.61. The number of hydrogen-bond donors (Lipinski definition) is 1. The van der Waals surface area contributed by atoms with Crippen molar-refractivity contribution < 1.29 is 8.42 Å². The molecule has 0 bridgehead atoms. The molecule has 0 aliphatic carbocycles. The number of hydrogen-bond acceptors (Lipinski definition) is 5. The van der Waals surface area contributed by atoms with E-state index in [9.17, 15) is 13.2 Å². The summed E-state index contributed by atoms with van der Waals surface area (Å²) in [5.74, 6) is 0. The molecule has 3 aromatic rings. The minimum atomic E-state index is -3.61. The summed E-state index contributed by atoms with van der Waals surface area (Å²) in [6.07, 6.45) is 0. The van der Waals surface area contributed by atoms with E-state index < -0.39 is 10.0 Å². The lowest BCUT2D eigenvalue weighted by Gasteiger charge is -2.18. The molecule has 0 saturated carbocycles. The lowest BCUT2D eigenvalue weighted by Crippen LogP contribution is -2.30. The van der Waals surface area contributed by atoms with Gasteiger partial charge in [0.2, 0.25) is 10.0 Å². The van der Waals surface area contributed by atoms with Crippen molar-refractivity contribution in [3.8, 4) is 5.69 Å². The third-order valence-corrected chi connectivity index (χ3v) is 6.81. The Balaban J connectivity index is 1.95. The molecule has 0 spiro atoms. The van der Waals surface area contributed by atoms with Gasteiger partial charge in [0.1, 0.15) is 0 Å². The Kier molecular flexibility index (Phi) is 6.55. The van der Waals surface area contributed by atoms with E-state index in [4.69, 9.17) is 11.6 Å². The standard InChI is InChI=1S/C20H22ClN5O3S/c1-4-25(5-2)30(28,29)18-11-7-9-16(13-18)22-23-19-14(3)24-26(20(19)27)17-10-6-8-15(21)12-17/h6-13,24H,4-5H2,1-3H3. The molecule has 3 rings (SSSR count). The van der Waals surface area contributed by atoms with E-state index in [2.05, 4.69) is 15.3 Å². The van der Waals surface area contributed by atoms with Crippen LogP contribution >= 0.6 is 11.6 Å². The smallest absolute Gasteiger partial charge is 0.293 e. The van der Waals surface area contributed by atoms with E-state index in [0.29, 0.717) is 35.2 Å². The van der Waals surface area contributed by atoms with Gasteiger partial charge in [-0.2, -0.15) is 9.42 Å². The molecule has 30 heavy (non-hydrogen) atoms. The quantitative estimate of drug-likeness (QED) is 0.536. The zero-order valence-corrected chi connectivity index (χ0v) is 18.4. The minimum Gasteiger partial charge on any atom is -0.293 e. The van der Waals surface area contributed by atoms with Crippen LogP contribution in [-0.4, -0.2) is 35.6 Å². The summed E-state index contributed by atoms with van der Waals surface area (Å²) >= 11 is 6.01. The van der Waals surface area contributed by atoms with E-state index in [-0.39, 0.29) is 16.1 Å². The first-order valence-electron chi connectivity index (χ1n) is 9.37. The SMILES string of the molecule is CCN(CC)S(=O)(=O)c1cccc(N=Nc2c(C)[nH]n(-c3cccc(Cl)c3)c2=O)c1. The van der Waals surface area contributed by atoms with Crippen LogP contribution in [0.5, 0.6) is 0 Å². The van der Waals surface area contributed by atoms with Gasteiger partial charge in [0.05, 0.1) is 22.0 Å². The fourth-order valence-corrected chi connectivity index (χ4v) is 4.66. The minimum absolute atomic E-state index is 0.129. The predicted octanol–water partition coefficient (Wildman–Crippen LogP) is 4.57. The third kappa shape index (κ3) is 4.38. The Labute approximate surface area is 179 Å². The highest BCUT2D eigenvalue weighted by molar-refractivity contribution is 7.89. The molecule has 0 fully saturated rings. The second kappa shape index (κ2) is 8.95. The van der Waals surface area contributed by atoms with Crippen molar-refractivity contribution in [2.75, 3.05) is 13.1 Å². The molecule has 1 heterocycles. The highest BCUT2D eigenvalue weighted by Gasteiger charge is 2.21. The number of nitrogens with zero attached hydrogens (tertiary/aromatic N) is 4. The average molecular weight is 448 g/mol. The third-order valence-electron chi connectivity index (χ3n) is 4.53. The molecule has 0 aliphatic rings. The number of H-pyrrole nitrogens is 1. The Hall–Kier alpha value is -2.75. The number of halogens is 1. The Morgan fingerprint density at radius 3 is 2.43 bits per heavy atom. The number of aryl methyl sites for hydroxylation is 1. The number of sulfonamides is 1. The molecule has 0 unspecified atom stereocenters. The van der Waals surface area contributed by atoms with Crippen molar-refractivity contribution in [3.63, 3.8) is 0 Å². The Bertz CT molecular complexity index is 1240. The van der Waals surface area contributed by atoms with Gasteiger partial charge in [-0.1, -0.05) is 37.6 Å². The number of aromatic amines is 1. The normalized spacial score (nSPS) is 12.2. The van der Waals surface area contributed by atoms with Gasteiger partial charge in [-0.25, -0.2) is 13.1 Å². The second-order valence-electron chi connectivity index (χ2n) is 6.49. The predicted molar refractivity (Wildman–Crippen MR) is 117 cm³/mol. The first kappa shape index (κ1) is 21.9. The number of nitrogens with one attached hydrogen (secondary N) is 1. The average Bonchev–Trinajstić information content (AvgIpc) is 3.01. The monoisotopic (exact) mass is 447 g/mol. The highest BCUT2D eigenvalue weighted by Crippen LogP contribution is 2.24. The molecular weight excluding hydrogens is 426 g/mol. The molecule has 2 aromatic carbocycles. The van der Waals surface area contributed by atoms with Crippen molar-refractivity contribution in [1.82, 2.24) is 14.1 Å². The van der Waals surface area contributed by atoms with Crippen LogP contribution in [0.2, 0.25) is 5.02 Å². The number of rotatable bonds is 7. The van der Waals surface area contributed by atoms with Gasteiger partial charge in [0, 0.05) is 18.1 Å². The number of aromatic nitrogens is 2. The molecule has 0 atom stereocenters. The van der Waals surface area contributed by atoms with Crippen molar-refractivity contribution >= 4 is 33.0 Å². The summed E-state index contributed by atoms with van der Waals surface area (Å²) in [5, 5.41) is 11.6. The first-order chi connectivity index (χ1) is 14.3. The summed E-state index contributed by atoms with van der Waals surface area (Å²) in [6, 6.07) is 13.0. The van der Waals surface area contributed by atoms with Crippen LogP contribution in [0.15, 0.2) is 68.4 Å². The summed E-state index contributed by atoms with van der Waals surface area (Å²) < 4.78 is 28.1. The van der Waals surface area contributed by atoms with Crippen molar-refractivity contribution in [1.29, 1.82) is 0 Å². The summed E-state index contributed by atoms with van der Waals surface area (Å²) in [5.41, 5.74) is 1.18. The summed E-state index contributed by atoms with van der Waals surface area (Å²) in [4.78, 5) is 12.9. The van der Waals surface area contributed by atoms with Crippen LogP contribution in [0, 0.1) is 6.92 Å². The molecule has 0 radical (unpaired) electrons. The molecule has 1 N–H and O–H groups in total. The molecule has 0 saturated heterocycles. The van der Waals surface area contributed by atoms with Crippen molar-refractivity contribution in [2.24, 2.45) is 10.2 Å². The number of azo groups is 1. The Morgan fingerprint density at radius 2 is 1.77 bits per heavy atom. The van der Waals surface area contributed by atoms with Crippen LogP contribution in [0.4, 0.5) is 11.4 Å². The molecule has 0 amide bonds. The van der Waals surface area contributed by atoms with Gasteiger partial charge in [0.25, 0.3) is 5.56 Å². The number of benzene rings is 2. The van der Waals surface area contributed by atoms with Crippen LogP contribution in [0.1, 0.15) is 19.5 Å². The zero-order chi connectivity index (χ0) is 21.9. The largest absolute Gasteiger partial charge is 0.299 e. The lowest BCUT2D eigenvalue weighted by atomic mass is 10.3. The first-order valence-corrected chi connectivity index (χ1v) is 11.2. The van der Waals surface area contributed by atoms with Crippen molar-refractivity contribution in [3.05, 3.63) is 69.6 Å². The maximum Gasteiger partial charge on any atom is 0.299 e. The zero-order valence-electron chi connectivity index (χ0n) is 16.8. The lowest BCUT2D eigenvalue weighted by molar-refractivity contribution is 0.445. The second-order valence-corrected chi connectivity index (χ2v) is 8.87. The van der Waals surface area contributed by atoms with Gasteiger partial charge in [-0.05, 0) is 43.3 Å². The molecular formula is C20H22ClN5O3S. The molecule has 8 nitrogen and oxygen atoms in total. The van der Waals surface area contributed by atoms with E-state index in [0.717, 1.165) is 0 Å². The van der Waals surface area contributed by atoms with Crippen LogP contribution in [0.3, 0.4) is 0 Å². The van der Waals surface area contributed by atoms with Crippen molar-refractivity contribution in [2.45, 2.75) is 25.7 Å². The van der Waals surface area contributed by atoms with Crippen LogP contribution < -0.4 is 5.56 Å². The molecule has 158 valence electrons. The maximum absolute atomic E-state index is 12.7. The molecule has 0 aliphatic heterocycles. The van der Waals surface area contributed by atoms with Crippen LogP contribution in [0.25, 0.3) is 5.69 Å². The fraction of sp³-hybridized carbons (Fsp3) is 0.250. The van der Waals surface area contributed by atoms with E-state index >= 15 is 0 Å². The highest BCUT2D eigenvalue weighted by atomic mass is 35.5. The van der Waals surface area contributed by atoms with Gasteiger partial charge in [0.15, 0.2) is 5.69 Å². The van der Waals surface area contributed by atoms with Gasteiger partial charge < -0.3 is 0 Å². The van der Waals surface area contributed by atoms with E-state index in [1.54, 1.807) is 57.2 Å². The fourth-order valence-electron chi connectivity index (χ4n) is 2.98. The summed E-state index contributed by atoms with van der Waals surface area (Å²) in [6.45, 7) is 6.01. The van der Waals surface area contributed by atoms with E-state index in [1.165, 1.54) is 21.1 Å². The van der Waals surface area contributed by atoms with Gasteiger partial charge >= 0.3 is 0 Å². The maximum atomic E-state index is 12.7. The van der Waals surface area contributed by atoms with E-state index in [1.807, 2.05) is 0 Å². The Morgan fingerprint density at radius 1 is 1.07 bits per heavy atom. The molecule has 10 heteroatoms. The topological polar surface area (TPSA) is 99.9 Å². The molecule has 1 aromatic heterocycles. The van der Waals surface area contributed by atoms with Gasteiger partial charge in [-0.3, -0.25) is 9.89 Å². The van der Waals surface area contributed by atoms with Gasteiger partial charge in [-0.15, -0.1) is 5.11 Å². The van der Waals surface area contributed by atoms with Crippen LogP contribution in [-0.2, 0) is 10.0 Å².